The van der Waals surface area contributed by atoms with Gasteiger partial charge in [-0.25, -0.2) is 4.39 Å². The second-order valence-electron chi connectivity index (χ2n) is 3.49. The van der Waals surface area contributed by atoms with Crippen molar-refractivity contribution in [3.8, 4) is 0 Å². The molecule has 2 aromatic carbocycles. The van der Waals surface area contributed by atoms with Gasteiger partial charge in [-0.2, -0.15) is 0 Å². The highest BCUT2D eigenvalue weighted by atomic mass is 79.9. The molecule has 0 saturated carbocycles. The van der Waals surface area contributed by atoms with Crippen LogP contribution in [-0.4, -0.2) is 0 Å². The molecule has 0 saturated heterocycles. The first-order valence-electron chi connectivity index (χ1n) is 5.11. The van der Waals surface area contributed by atoms with Crippen LogP contribution in [0.2, 0.25) is 0 Å². The number of benzene rings is 2. The monoisotopic (exact) mass is 311 g/mol. The molecule has 2 N–H and O–H groups in total. The Balaban J connectivity index is 2.35. The molecule has 0 aliphatic rings. The maximum absolute atomic E-state index is 13.7. The molecule has 0 unspecified atom stereocenters. The predicted octanol–water partition coefficient (Wildman–Crippen LogP) is 4.20. The SMILES string of the molecule is NCc1cccc(F)c1Sc1cccc(Br)c1. The van der Waals surface area contributed by atoms with Gasteiger partial charge in [0.1, 0.15) is 5.82 Å². The third-order valence-corrected chi connectivity index (χ3v) is 3.93. The first kappa shape index (κ1) is 12.6. The van der Waals surface area contributed by atoms with E-state index in [1.807, 2.05) is 30.3 Å². The summed E-state index contributed by atoms with van der Waals surface area (Å²) in [4.78, 5) is 1.59. The molecule has 4 heteroatoms. The molecule has 0 aromatic heterocycles. The van der Waals surface area contributed by atoms with E-state index in [1.165, 1.54) is 17.8 Å². The van der Waals surface area contributed by atoms with Gasteiger partial charge in [-0.1, -0.05) is 45.9 Å². The predicted molar refractivity (Wildman–Crippen MR) is 72.6 cm³/mol. The number of halogens is 2. The van der Waals surface area contributed by atoms with E-state index in [0.29, 0.717) is 11.4 Å². The fourth-order valence-electron chi connectivity index (χ4n) is 1.48. The minimum Gasteiger partial charge on any atom is -0.326 e. The Morgan fingerprint density at radius 3 is 2.65 bits per heavy atom. The molecule has 88 valence electrons. The average molecular weight is 312 g/mol. The van der Waals surface area contributed by atoms with Crippen molar-refractivity contribution in [3.05, 3.63) is 58.3 Å². The highest BCUT2D eigenvalue weighted by Crippen LogP contribution is 2.33. The number of nitrogens with two attached hydrogens (primary N) is 1. The van der Waals surface area contributed by atoms with Crippen LogP contribution in [0.5, 0.6) is 0 Å². The van der Waals surface area contributed by atoms with Gasteiger partial charge in [-0.3, -0.25) is 0 Å². The molecule has 2 aromatic rings. The van der Waals surface area contributed by atoms with Crippen molar-refractivity contribution in [1.29, 1.82) is 0 Å². The molecule has 0 radical (unpaired) electrons. The van der Waals surface area contributed by atoms with Crippen LogP contribution in [0.1, 0.15) is 5.56 Å². The van der Waals surface area contributed by atoms with Crippen LogP contribution in [0, 0.1) is 5.82 Å². The van der Waals surface area contributed by atoms with Gasteiger partial charge in [0.15, 0.2) is 0 Å². The van der Waals surface area contributed by atoms with Gasteiger partial charge in [0.05, 0.1) is 4.90 Å². The summed E-state index contributed by atoms with van der Waals surface area (Å²) in [5.74, 6) is -0.224. The fraction of sp³-hybridized carbons (Fsp3) is 0.0769. The Morgan fingerprint density at radius 1 is 1.18 bits per heavy atom. The highest BCUT2D eigenvalue weighted by molar-refractivity contribution is 9.10. The van der Waals surface area contributed by atoms with Gasteiger partial charge in [-0.15, -0.1) is 0 Å². The summed E-state index contributed by atoms with van der Waals surface area (Å²) in [6.45, 7) is 0.341. The standard InChI is InChI=1S/C13H11BrFNS/c14-10-4-2-5-11(7-10)17-13-9(8-16)3-1-6-12(13)15/h1-7H,8,16H2. The van der Waals surface area contributed by atoms with E-state index in [1.54, 1.807) is 6.07 Å². The van der Waals surface area contributed by atoms with Gasteiger partial charge in [0, 0.05) is 15.9 Å². The van der Waals surface area contributed by atoms with E-state index >= 15 is 0 Å². The summed E-state index contributed by atoms with van der Waals surface area (Å²) in [6, 6.07) is 12.8. The van der Waals surface area contributed by atoms with Crippen molar-refractivity contribution in [3.63, 3.8) is 0 Å². The second kappa shape index (κ2) is 5.67. The molecule has 0 bridgehead atoms. The molecule has 0 spiro atoms. The summed E-state index contributed by atoms with van der Waals surface area (Å²) in [5, 5.41) is 0. The molecule has 0 fully saturated rings. The molecular weight excluding hydrogens is 301 g/mol. The molecule has 1 nitrogen and oxygen atoms in total. The third-order valence-electron chi connectivity index (χ3n) is 2.28. The van der Waals surface area contributed by atoms with Crippen molar-refractivity contribution >= 4 is 27.7 Å². The minimum absolute atomic E-state index is 0.224. The number of hydrogen-bond acceptors (Lipinski definition) is 2. The Kier molecular flexibility index (Phi) is 4.20. The van der Waals surface area contributed by atoms with E-state index in [4.69, 9.17) is 5.73 Å². The first-order chi connectivity index (χ1) is 8.20. The first-order valence-corrected chi connectivity index (χ1v) is 6.72. The summed E-state index contributed by atoms with van der Waals surface area (Å²) in [5.41, 5.74) is 6.44. The van der Waals surface area contributed by atoms with Crippen molar-refractivity contribution in [2.24, 2.45) is 5.73 Å². The van der Waals surface area contributed by atoms with Crippen LogP contribution >= 0.6 is 27.7 Å². The number of rotatable bonds is 3. The van der Waals surface area contributed by atoms with Crippen LogP contribution in [0.25, 0.3) is 0 Å². The van der Waals surface area contributed by atoms with Crippen molar-refractivity contribution < 1.29 is 4.39 Å². The number of hydrogen-bond donors (Lipinski definition) is 1. The molecule has 17 heavy (non-hydrogen) atoms. The average Bonchev–Trinajstić information content (AvgIpc) is 2.32. The summed E-state index contributed by atoms with van der Waals surface area (Å²) in [6.07, 6.45) is 0. The largest absolute Gasteiger partial charge is 0.326 e. The van der Waals surface area contributed by atoms with Gasteiger partial charge in [0.2, 0.25) is 0 Å². The molecule has 0 aliphatic heterocycles. The summed E-state index contributed by atoms with van der Waals surface area (Å²) in [7, 11) is 0. The summed E-state index contributed by atoms with van der Waals surface area (Å²) < 4.78 is 14.7. The second-order valence-corrected chi connectivity index (χ2v) is 5.49. The molecule has 2 rings (SSSR count). The van der Waals surface area contributed by atoms with E-state index in [-0.39, 0.29) is 5.82 Å². The third kappa shape index (κ3) is 3.09. The lowest BCUT2D eigenvalue weighted by Crippen LogP contribution is -1.99. The minimum atomic E-state index is -0.224. The lowest BCUT2D eigenvalue weighted by molar-refractivity contribution is 0.597. The maximum atomic E-state index is 13.7. The zero-order valence-corrected chi connectivity index (χ0v) is 11.4. The maximum Gasteiger partial charge on any atom is 0.137 e. The molecule has 0 atom stereocenters. The van der Waals surface area contributed by atoms with E-state index in [9.17, 15) is 4.39 Å². The molecule has 0 amide bonds. The normalized spacial score (nSPS) is 10.5. The van der Waals surface area contributed by atoms with E-state index in [0.717, 1.165) is 14.9 Å². The Bertz CT molecular complexity index is 531. The van der Waals surface area contributed by atoms with Crippen LogP contribution in [0.3, 0.4) is 0 Å². The van der Waals surface area contributed by atoms with Crippen molar-refractivity contribution in [1.82, 2.24) is 0 Å². The van der Waals surface area contributed by atoms with Gasteiger partial charge < -0.3 is 5.73 Å². The zero-order chi connectivity index (χ0) is 12.3. The zero-order valence-electron chi connectivity index (χ0n) is 8.99. The lowest BCUT2D eigenvalue weighted by Gasteiger charge is -2.08. The van der Waals surface area contributed by atoms with Gasteiger partial charge in [-0.05, 0) is 29.8 Å². The highest BCUT2D eigenvalue weighted by Gasteiger charge is 2.09. The van der Waals surface area contributed by atoms with Crippen LogP contribution in [0.15, 0.2) is 56.7 Å². The molecule has 0 aliphatic carbocycles. The van der Waals surface area contributed by atoms with E-state index < -0.39 is 0 Å². The lowest BCUT2D eigenvalue weighted by atomic mass is 10.2. The molecule has 0 heterocycles. The van der Waals surface area contributed by atoms with Crippen molar-refractivity contribution in [2.75, 3.05) is 0 Å². The van der Waals surface area contributed by atoms with E-state index in [2.05, 4.69) is 15.9 Å². The topological polar surface area (TPSA) is 26.0 Å². The fourth-order valence-corrected chi connectivity index (χ4v) is 3.04. The van der Waals surface area contributed by atoms with Crippen LogP contribution in [0.4, 0.5) is 4.39 Å². The molecular formula is C13H11BrFNS. The summed E-state index contributed by atoms with van der Waals surface area (Å²) >= 11 is 4.79. The van der Waals surface area contributed by atoms with Crippen LogP contribution in [-0.2, 0) is 6.54 Å². The van der Waals surface area contributed by atoms with Gasteiger partial charge >= 0.3 is 0 Å². The quantitative estimate of drug-likeness (QED) is 0.919. The Hall–Kier alpha value is -0.840. The van der Waals surface area contributed by atoms with Crippen molar-refractivity contribution in [2.45, 2.75) is 16.3 Å². The Labute approximate surface area is 112 Å². The smallest absolute Gasteiger partial charge is 0.137 e. The Morgan fingerprint density at radius 2 is 1.94 bits per heavy atom. The van der Waals surface area contributed by atoms with Crippen LogP contribution < -0.4 is 5.73 Å². The van der Waals surface area contributed by atoms with Gasteiger partial charge in [0.25, 0.3) is 0 Å².